The lowest BCUT2D eigenvalue weighted by Gasteiger charge is -2.19. The third-order valence-corrected chi connectivity index (χ3v) is 6.24. The highest BCUT2D eigenvalue weighted by Gasteiger charge is 2.47. The Morgan fingerprint density at radius 2 is 1.57 bits per heavy atom. The fraction of sp³-hybridized carbons (Fsp3) is 0.500. The summed E-state index contributed by atoms with van der Waals surface area (Å²) in [5, 5.41) is 0. The van der Waals surface area contributed by atoms with Crippen LogP contribution in [-0.4, -0.2) is 40.8 Å². The maximum absolute atomic E-state index is 12.4. The second-order valence-electron chi connectivity index (χ2n) is 7.27. The van der Waals surface area contributed by atoms with Crippen molar-refractivity contribution in [2.24, 2.45) is 11.8 Å². The number of hydrazine groups is 1. The van der Waals surface area contributed by atoms with Crippen molar-refractivity contribution < 1.29 is 19.2 Å². The Kier molecular flexibility index (Phi) is 6.72. The second kappa shape index (κ2) is 9.23. The summed E-state index contributed by atoms with van der Waals surface area (Å²) in [5.41, 5.74) is 5.86. The van der Waals surface area contributed by atoms with Crippen LogP contribution in [0, 0.1) is 18.8 Å². The Labute approximate surface area is 168 Å². The number of amides is 4. The number of hydrogen-bond donors (Lipinski definition) is 2. The number of nitrogens with one attached hydrogen (secondary N) is 2. The number of carbonyl (C=O) groups is 4. The molecule has 2 aliphatic rings. The van der Waals surface area contributed by atoms with Crippen LogP contribution in [0.5, 0.6) is 0 Å². The number of nitrogens with zero attached hydrogens (tertiary/aromatic N) is 1. The van der Waals surface area contributed by atoms with Gasteiger partial charge in [0, 0.05) is 17.9 Å². The lowest BCUT2D eigenvalue weighted by Crippen LogP contribution is -2.44. The van der Waals surface area contributed by atoms with E-state index in [2.05, 4.69) is 10.9 Å². The zero-order valence-electron chi connectivity index (χ0n) is 15.9. The number of rotatable bonds is 6. The molecule has 2 atom stereocenters. The molecule has 0 spiro atoms. The molecule has 4 amide bonds. The summed E-state index contributed by atoms with van der Waals surface area (Å²) in [6, 6.07) is 7.82. The van der Waals surface area contributed by atoms with Gasteiger partial charge >= 0.3 is 0 Å². The molecule has 1 aliphatic heterocycles. The quantitative estimate of drug-likeness (QED) is 0.429. The van der Waals surface area contributed by atoms with E-state index in [0.29, 0.717) is 0 Å². The van der Waals surface area contributed by atoms with Crippen LogP contribution >= 0.6 is 11.8 Å². The van der Waals surface area contributed by atoms with Crippen LogP contribution in [0.4, 0.5) is 0 Å². The molecule has 1 aromatic rings. The molecule has 1 saturated heterocycles. The summed E-state index contributed by atoms with van der Waals surface area (Å²) in [6.45, 7) is 2.05. The molecule has 1 aromatic carbocycles. The maximum atomic E-state index is 12.4. The standard InChI is InChI=1S/C20H25N3O4S/c1-13-6-8-14(9-7-13)28-12-18(25)22-21-17(24)10-11-23-19(26)15-4-2-3-5-16(15)20(23)27/h6-9,15-16H,2-5,10-12H2,1H3,(H,21,24)(H,22,25)/t15-,16+. The predicted octanol–water partition coefficient (Wildman–Crippen LogP) is 1.80. The first-order valence-corrected chi connectivity index (χ1v) is 10.6. The van der Waals surface area contributed by atoms with Crippen molar-refractivity contribution in [1.29, 1.82) is 0 Å². The Morgan fingerprint density at radius 1 is 1.00 bits per heavy atom. The summed E-state index contributed by atoms with van der Waals surface area (Å²) < 4.78 is 0. The number of carbonyl (C=O) groups excluding carboxylic acids is 4. The minimum Gasteiger partial charge on any atom is -0.282 e. The molecule has 8 heteroatoms. The lowest BCUT2D eigenvalue weighted by molar-refractivity contribution is -0.140. The average Bonchev–Trinajstić information content (AvgIpc) is 2.95. The molecule has 0 unspecified atom stereocenters. The van der Waals surface area contributed by atoms with Crippen molar-refractivity contribution in [2.75, 3.05) is 12.3 Å². The minimum absolute atomic E-state index is 0.0255. The van der Waals surface area contributed by atoms with Crippen molar-refractivity contribution in [2.45, 2.75) is 43.9 Å². The molecule has 1 saturated carbocycles. The van der Waals surface area contributed by atoms with Gasteiger partial charge in [0.2, 0.25) is 23.6 Å². The van der Waals surface area contributed by atoms with Crippen LogP contribution in [0.3, 0.4) is 0 Å². The zero-order chi connectivity index (χ0) is 20.1. The van der Waals surface area contributed by atoms with Crippen molar-refractivity contribution in [1.82, 2.24) is 15.8 Å². The van der Waals surface area contributed by atoms with Gasteiger partial charge < -0.3 is 0 Å². The van der Waals surface area contributed by atoms with E-state index >= 15 is 0 Å². The predicted molar refractivity (Wildman–Crippen MR) is 105 cm³/mol. The lowest BCUT2D eigenvalue weighted by atomic mass is 9.81. The van der Waals surface area contributed by atoms with E-state index in [1.165, 1.54) is 16.7 Å². The minimum atomic E-state index is -0.427. The van der Waals surface area contributed by atoms with Gasteiger partial charge in [0.05, 0.1) is 17.6 Å². The average molecular weight is 404 g/mol. The molecule has 1 aliphatic carbocycles. The largest absolute Gasteiger partial charge is 0.282 e. The third kappa shape index (κ3) is 4.92. The smallest absolute Gasteiger partial charge is 0.248 e. The van der Waals surface area contributed by atoms with Crippen LogP contribution in [0.15, 0.2) is 29.2 Å². The molecule has 0 bridgehead atoms. The van der Waals surface area contributed by atoms with Gasteiger partial charge in [-0.25, -0.2) is 0 Å². The summed E-state index contributed by atoms with van der Waals surface area (Å²) in [5.74, 6) is -1.29. The Bertz CT molecular complexity index is 741. The molecular weight excluding hydrogens is 378 g/mol. The van der Waals surface area contributed by atoms with Crippen LogP contribution in [0.25, 0.3) is 0 Å². The van der Waals surface area contributed by atoms with E-state index in [-0.39, 0.29) is 48.3 Å². The normalized spacial score (nSPS) is 21.4. The Hall–Kier alpha value is -2.35. The number of fused-ring (bicyclic) bond motifs is 1. The number of imide groups is 1. The van der Waals surface area contributed by atoms with E-state index in [1.807, 2.05) is 31.2 Å². The number of likely N-dealkylation sites (tertiary alicyclic amines) is 1. The first-order chi connectivity index (χ1) is 13.5. The zero-order valence-corrected chi connectivity index (χ0v) is 16.7. The molecule has 0 radical (unpaired) electrons. The van der Waals surface area contributed by atoms with E-state index in [0.717, 1.165) is 36.1 Å². The first kappa shape index (κ1) is 20.4. The van der Waals surface area contributed by atoms with Gasteiger partial charge in [-0.1, -0.05) is 30.5 Å². The third-order valence-electron chi connectivity index (χ3n) is 5.23. The summed E-state index contributed by atoms with van der Waals surface area (Å²) in [7, 11) is 0. The molecule has 28 heavy (non-hydrogen) atoms. The molecule has 0 aromatic heterocycles. The van der Waals surface area contributed by atoms with Crippen molar-refractivity contribution in [3.8, 4) is 0 Å². The molecule has 2 fully saturated rings. The highest BCUT2D eigenvalue weighted by molar-refractivity contribution is 8.00. The van der Waals surface area contributed by atoms with Crippen molar-refractivity contribution in [3.05, 3.63) is 29.8 Å². The molecule has 3 rings (SSSR count). The van der Waals surface area contributed by atoms with Gasteiger partial charge in [0.25, 0.3) is 0 Å². The summed E-state index contributed by atoms with van der Waals surface area (Å²) in [4.78, 5) is 50.8. The van der Waals surface area contributed by atoms with E-state index in [4.69, 9.17) is 0 Å². The van der Waals surface area contributed by atoms with Crippen LogP contribution in [0.2, 0.25) is 0 Å². The maximum Gasteiger partial charge on any atom is 0.248 e. The fourth-order valence-corrected chi connectivity index (χ4v) is 4.38. The molecule has 150 valence electrons. The fourth-order valence-electron chi connectivity index (χ4n) is 3.69. The van der Waals surface area contributed by atoms with E-state index in [9.17, 15) is 19.2 Å². The van der Waals surface area contributed by atoms with E-state index in [1.54, 1.807) is 0 Å². The summed E-state index contributed by atoms with van der Waals surface area (Å²) >= 11 is 1.37. The second-order valence-corrected chi connectivity index (χ2v) is 8.32. The van der Waals surface area contributed by atoms with Crippen LogP contribution < -0.4 is 10.9 Å². The van der Waals surface area contributed by atoms with Crippen LogP contribution in [0.1, 0.15) is 37.7 Å². The van der Waals surface area contributed by atoms with E-state index < -0.39 is 5.91 Å². The monoisotopic (exact) mass is 403 g/mol. The van der Waals surface area contributed by atoms with Crippen molar-refractivity contribution >= 4 is 35.4 Å². The molecule has 7 nitrogen and oxygen atoms in total. The number of thioether (sulfide) groups is 1. The first-order valence-electron chi connectivity index (χ1n) is 9.58. The number of hydrogen-bond acceptors (Lipinski definition) is 5. The summed E-state index contributed by atoms with van der Waals surface area (Å²) in [6.07, 6.45) is 3.43. The van der Waals surface area contributed by atoms with Crippen LogP contribution in [-0.2, 0) is 19.2 Å². The number of benzene rings is 1. The van der Waals surface area contributed by atoms with Gasteiger partial charge in [-0.05, 0) is 31.9 Å². The van der Waals surface area contributed by atoms with Gasteiger partial charge in [0.15, 0.2) is 0 Å². The van der Waals surface area contributed by atoms with Gasteiger partial charge in [-0.2, -0.15) is 0 Å². The van der Waals surface area contributed by atoms with Gasteiger partial charge in [-0.3, -0.25) is 34.9 Å². The van der Waals surface area contributed by atoms with Crippen molar-refractivity contribution in [3.63, 3.8) is 0 Å². The van der Waals surface area contributed by atoms with Gasteiger partial charge in [-0.15, -0.1) is 11.8 Å². The van der Waals surface area contributed by atoms with Gasteiger partial charge in [0.1, 0.15) is 0 Å². The topological polar surface area (TPSA) is 95.6 Å². The molecular formula is C20H25N3O4S. The Morgan fingerprint density at radius 3 is 2.18 bits per heavy atom. The Balaban J connectivity index is 1.37. The number of aryl methyl sites for hydroxylation is 1. The molecule has 2 N–H and O–H groups in total. The molecule has 1 heterocycles. The highest BCUT2D eigenvalue weighted by Crippen LogP contribution is 2.37. The highest BCUT2D eigenvalue weighted by atomic mass is 32.2. The SMILES string of the molecule is Cc1ccc(SCC(=O)NNC(=O)CCN2C(=O)[C@H]3CCCC[C@H]3C2=O)cc1.